The van der Waals surface area contributed by atoms with Crippen LogP contribution in [0.4, 0.5) is 0 Å². The lowest BCUT2D eigenvalue weighted by Crippen LogP contribution is -2.35. The maximum absolute atomic E-state index is 13.7. The van der Waals surface area contributed by atoms with Crippen LogP contribution < -0.4 is 0 Å². The second-order valence-electron chi connectivity index (χ2n) is 11.5. The van der Waals surface area contributed by atoms with Crippen LogP contribution in [-0.2, 0) is 16.0 Å². The molecule has 0 saturated carbocycles. The summed E-state index contributed by atoms with van der Waals surface area (Å²) in [6.07, 6.45) is 3.79. The van der Waals surface area contributed by atoms with E-state index in [0.29, 0.717) is 17.9 Å². The molecule has 3 atom stereocenters. The Kier molecular flexibility index (Phi) is 7.50. The molecule has 0 aliphatic heterocycles. The van der Waals surface area contributed by atoms with E-state index >= 15 is 0 Å². The summed E-state index contributed by atoms with van der Waals surface area (Å²) < 4.78 is 0. The fourth-order valence-corrected chi connectivity index (χ4v) is 6.89. The van der Waals surface area contributed by atoms with Crippen LogP contribution in [0, 0.1) is 31.6 Å². The molecule has 2 aliphatic rings. The maximum Gasteiger partial charge on any atom is 0.169 e. The van der Waals surface area contributed by atoms with Crippen LogP contribution >= 0.6 is 0 Å². The minimum atomic E-state index is -0.126. The molecule has 2 aromatic carbocycles. The number of Topliss-reactive ketones (excluding diaryl/α,β-unsaturated/α-hetero) is 3. The Morgan fingerprint density at radius 1 is 1.03 bits per heavy atom. The molecule has 2 aromatic rings. The second kappa shape index (κ2) is 10.3. The largest absolute Gasteiger partial charge is 0.294 e. The third kappa shape index (κ3) is 4.77. The zero-order chi connectivity index (χ0) is 26.3. The number of carbonyl (C=O) groups excluding carboxylic acids is 3. The van der Waals surface area contributed by atoms with Crippen molar-refractivity contribution >= 4 is 17.3 Å². The van der Waals surface area contributed by atoms with Crippen LogP contribution in [0.2, 0.25) is 0 Å². The quantitative estimate of drug-likeness (QED) is 0.394. The maximum atomic E-state index is 13.7. The fraction of sp³-hybridized carbons (Fsp3) is 0.485. The van der Waals surface area contributed by atoms with E-state index in [9.17, 15) is 14.4 Å². The molecular weight excluding hydrogens is 444 g/mol. The number of fused-ring (bicyclic) bond motifs is 1. The number of benzene rings is 2. The van der Waals surface area contributed by atoms with Gasteiger partial charge in [-0.2, -0.15) is 0 Å². The van der Waals surface area contributed by atoms with E-state index in [4.69, 9.17) is 0 Å². The van der Waals surface area contributed by atoms with Gasteiger partial charge in [-0.05, 0) is 98.9 Å². The predicted molar refractivity (Wildman–Crippen MR) is 146 cm³/mol. The molecule has 0 heterocycles. The predicted octanol–water partition coefficient (Wildman–Crippen LogP) is 7.75. The minimum absolute atomic E-state index is 0.0165. The van der Waals surface area contributed by atoms with Crippen molar-refractivity contribution in [3.05, 3.63) is 69.3 Å². The van der Waals surface area contributed by atoms with Crippen molar-refractivity contribution in [3.8, 4) is 11.1 Å². The van der Waals surface area contributed by atoms with Crippen molar-refractivity contribution in [2.45, 2.75) is 86.5 Å². The topological polar surface area (TPSA) is 51.2 Å². The monoisotopic (exact) mass is 484 g/mol. The minimum Gasteiger partial charge on any atom is -0.294 e. The molecule has 0 fully saturated rings. The lowest BCUT2D eigenvalue weighted by atomic mass is 9.67. The first kappa shape index (κ1) is 26.3. The standard InChI is InChI=1S/C33H40O3/c1-8-26-25(13-20(5)31(22(7)34)33(26)36)14-23-15-29-27(18(2)3)17-28(21(6)32(29)30(35)16-23)24-11-9-10-19(4)12-24/h9-12,17-18,23,25-26H,8,13-16H2,1-7H3. The molecule has 36 heavy (non-hydrogen) atoms. The number of ketones is 3. The Balaban J connectivity index is 1.70. The SMILES string of the molecule is CCC1C(=O)C(C(C)=O)=C(C)CC1CC1CC(=O)c2c(C)c(-c3cccc(C)c3)cc(C(C)C)c2C1. The summed E-state index contributed by atoms with van der Waals surface area (Å²) in [5.74, 6) is 0.754. The van der Waals surface area contributed by atoms with Crippen LogP contribution in [0.25, 0.3) is 11.1 Å². The molecular formula is C33H40O3. The molecule has 0 spiro atoms. The van der Waals surface area contributed by atoms with Gasteiger partial charge in [0.15, 0.2) is 17.3 Å². The lowest BCUT2D eigenvalue weighted by Gasteiger charge is -2.36. The number of rotatable bonds is 6. The van der Waals surface area contributed by atoms with Crippen molar-refractivity contribution in [2.75, 3.05) is 0 Å². The normalized spacial score (nSPS) is 22.3. The molecule has 4 rings (SSSR count). The molecule has 0 radical (unpaired) electrons. The summed E-state index contributed by atoms with van der Waals surface area (Å²) in [4.78, 5) is 39.0. The van der Waals surface area contributed by atoms with E-state index < -0.39 is 0 Å². The number of aryl methyl sites for hydroxylation is 1. The summed E-state index contributed by atoms with van der Waals surface area (Å²) >= 11 is 0. The number of hydrogen-bond acceptors (Lipinski definition) is 3. The smallest absolute Gasteiger partial charge is 0.169 e. The van der Waals surface area contributed by atoms with Crippen LogP contribution in [-0.4, -0.2) is 17.3 Å². The van der Waals surface area contributed by atoms with Crippen LogP contribution in [0.3, 0.4) is 0 Å². The van der Waals surface area contributed by atoms with Crippen molar-refractivity contribution in [3.63, 3.8) is 0 Å². The summed E-state index contributed by atoms with van der Waals surface area (Å²) in [5.41, 5.74) is 9.39. The molecule has 0 N–H and O–H groups in total. The van der Waals surface area contributed by atoms with E-state index in [2.05, 4.69) is 58.0 Å². The summed E-state index contributed by atoms with van der Waals surface area (Å²) in [7, 11) is 0. The summed E-state index contributed by atoms with van der Waals surface area (Å²) in [5, 5.41) is 0. The van der Waals surface area contributed by atoms with E-state index in [0.717, 1.165) is 47.9 Å². The highest BCUT2D eigenvalue weighted by Crippen LogP contribution is 2.43. The van der Waals surface area contributed by atoms with Crippen molar-refractivity contribution in [1.82, 2.24) is 0 Å². The third-order valence-corrected chi connectivity index (χ3v) is 8.50. The first-order valence-electron chi connectivity index (χ1n) is 13.5. The number of allylic oxidation sites excluding steroid dienone is 2. The lowest BCUT2D eigenvalue weighted by molar-refractivity contribution is -0.125. The Hall–Kier alpha value is -2.81. The first-order valence-corrected chi connectivity index (χ1v) is 13.5. The van der Waals surface area contributed by atoms with Crippen molar-refractivity contribution < 1.29 is 14.4 Å². The van der Waals surface area contributed by atoms with Crippen LogP contribution in [0.15, 0.2) is 41.5 Å². The second-order valence-corrected chi connectivity index (χ2v) is 11.5. The van der Waals surface area contributed by atoms with Gasteiger partial charge in [-0.25, -0.2) is 0 Å². The van der Waals surface area contributed by atoms with Gasteiger partial charge in [0.25, 0.3) is 0 Å². The zero-order valence-electron chi connectivity index (χ0n) is 23.0. The highest BCUT2D eigenvalue weighted by atomic mass is 16.1. The molecule has 3 unspecified atom stereocenters. The summed E-state index contributed by atoms with van der Waals surface area (Å²) in [6, 6.07) is 10.8. The number of hydrogen-bond donors (Lipinski definition) is 0. The molecule has 3 heteroatoms. The van der Waals surface area contributed by atoms with Gasteiger partial charge in [0.05, 0.1) is 5.57 Å². The Morgan fingerprint density at radius 2 is 1.75 bits per heavy atom. The Bertz CT molecular complexity index is 1260. The average molecular weight is 485 g/mol. The summed E-state index contributed by atoms with van der Waals surface area (Å²) in [6.45, 7) is 14.1. The average Bonchev–Trinajstić information content (AvgIpc) is 2.78. The van der Waals surface area contributed by atoms with Crippen LogP contribution in [0.5, 0.6) is 0 Å². The highest BCUT2D eigenvalue weighted by molar-refractivity contribution is 6.21. The molecule has 190 valence electrons. The molecule has 0 amide bonds. The van der Waals surface area contributed by atoms with Gasteiger partial charge in [-0.1, -0.05) is 62.2 Å². The highest BCUT2D eigenvalue weighted by Gasteiger charge is 2.39. The Labute approximate surface area is 216 Å². The van der Waals surface area contributed by atoms with Crippen molar-refractivity contribution in [2.24, 2.45) is 17.8 Å². The molecule has 0 aromatic heterocycles. The van der Waals surface area contributed by atoms with Gasteiger partial charge in [-0.3, -0.25) is 14.4 Å². The Morgan fingerprint density at radius 3 is 2.36 bits per heavy atom. The molecule has 0 saturated heterocycles. The van der Waals surface area contributed by atoms with Crippen LogP contribution in [0.1, 0.15) is 98.8 Å². The van der Waals surface area contributed by atoms with Gasteiger partial charge in [0.2, 0.25) is 0 Å². The van der Waals surface area contributed by atoms with E-state index in [-0.39, 0.29) is 35.1 Å². The third-order valence-electron chi connectivity index (χ3n) is 8.50. The van der Waals surface area contributed by atoms with Crippen molar-refractivity contribution in [1.29, 1.82) is 0 Å². The molecule has 3 nitrogen and oxygen atoms in total. The fourth-order valence-electron chi connectivity index (χ4n) is 6.89. The van der Waals surface area contributed by atoms with E-state index in [1.54, 1.807) is 0 Å². The zero-order valence-corrected chi connectivity index (χ0v) is 23.0. The van der Waals surface area contributed by atoms with Gasteiger partial charge in [-0.15, -0.1) is 0 Å². The van der Waals surface area contributed by atoms with E-state index in [1.807, 2.05) is 13.8 Å². The molecule has 0 bridgehead atoms. The van der Waals surface area contributed by atoms with Gasteiger partial charge >= 0.3 is 0 Å². The van der Waals surface area contributed by atoms with Gasteiger partial charge < -0.3 is 0 Å². The number of carbonyl (C=O) groups is 3. The van der Waals surface area contributed by atoms with E-state index in [1.165, 1.54) is 29.2 Å². The first-order chi connectivity index (χ1) is 17.0. The van der Waals surface area contributed by atoms with Gasteiger partial charge in [0, 0.05) is 17.9 Å². The molecule has 2 aliphatic carbocycles. The van der Waals surface area contributed by atoms with Gasteiger partial charge in [0.1, 0.15) is 0 Å².